The first kappa shape index (κ1) is 15.5. The van der Waals surface area contributed by atoms with Gasteiger partial charge in [0.25, 0.3) is 0 Å². The topological polar surface area (TPSA) is 62.3 Å². The van der Waals surface area contributed by atoms with Gasteiger partial charge < -0.3 is 10.2 Å². The lowest BCUT2D eigenvalue weighted by Crippen LogP contribution is -2.46. The second kappa shape index (κ2) is 7.76. The highest BCUT2D eigenvalue weighted by atomic mass is 16.2. The Hall–Kier alpha value is -1.91. The number of rotatable bonds is 4. The zero-order chi connectivity index (χ0) is 15.1. The zero-order valence-corrected chi connectivity index (χ0v) is 12.5. The largest absolute Gasteiger partial charge is 0.345 e. The lowest BCUT2D eigenvalue weighted by molar-refractivity contribution is -0.145. The first-order valence-corrected chi connectivity index (χ1v) is 7.61. The molecule has 5 heteroatoms. The monoisotopic (exact) mass is 289 g/mol. The summed E-state index contributed by atoms with van der Waals surface area (Å²) in [6.07, 6.45) is 9.65. The van der Waals surface area contributed by atoms with Crippen molar-refractivity contribution in [2.24, 2.45) is 0 Å². The number of hydrogen-bond acceptors (Lipinski definition) is 3. The lowest BCUT2D eigenvalue weighted by atomic mass is 9.95. The van der Waals surface area contributed by atoms with Gasteiger partial charge in [-0.15, -0.1) is 0 Å². The van der Waals surface area contributed by atoms with Crippen LogP contribution in [0.25, 0.3) is 0 Å². The van der Waals surface area contributed by atoms with E-state index in [-0.39, 0.29) is 6.04 Å². The predicted octanol–water partition coefficient (Wildman–Crippen LogP) is 1.53. The number of aromatic nitrogens is 1. The number of nitrogens with one attached hydrogen (secondary N) is 1. The van der Waals surface area contributed by atoms with Crippen LogP contribution in [0.15, 0.2) is 24.5 Å². The molecule has 2 rings (SSSR count). The van der Waals surface area contributed by atoms with Crippen LogP contribution in [-0.2, 0) is 16.0 Å². The van der Waals surface area contributed by atoms with Crippen LogP contribution in [-0.4, -0.2) is 41.3 Å². The highest BCUT2D eigenvalue weighted by molar-refractivity contribution is 6.35. The number of carbonyl (C=O) groups excluding carboxylic acids is 2. The summed E-state index contributed by atoms with van der Waals surface area (Å²) in [5.74, 6) is -0.922. The van der Waals surface area contributed by atoms with E-state index in [1.165, 1.54) is 11.3 Å². The van der Waals surface area contributed by atoms with E-state index >= 15 is 0 Å². The van der Waals surface area contributed by atoms with Gasteiger partial charge in [-0.25, -0.2) is 0 Å². The fourth-order valence-corrected chi connectivity index (χ4v) is 2.62. The fourth-order valence-electron chi connectivity index (χ4n) is 2.62. The summed E-state index contributed by atoms with van der Waals surface area (Å²) in [5, 5.41) is 2.86. The van der Waals surface area contributed by atoms with E-state index in [0.29, 0.717) is 6.54 Å². The molecule has 21 heavy (non-hydrogen) atoms. The van der Waals surface area contributed by atoms with Crippen LogP contribution in [0.4, 0.5) is 0 Å². The summed E-state index contributed by atoms with van der Waals surface area (Å²) in [7, 11) is 1.67. The molecule has 0 radical (unpaired) electrons. The third kappa shape index (κ3) is 4.85. The van der Waals surface area contributed by atoms with Crippen molar-refractivity contribution < 1.29 is 9.59 Å². The van der Waals surface area contributed by atoms with E-state index < -0.39 is 11.8 Å². The van der Waals surface area contributed by atoms with Crippen LogP contribution in [0.5, 0.6) is 0 Å². The maximum Gasteiger partial charge on any atom is 0.311 e. The van der Waals surface area contributed by atoms with Crippen molar-refractivity contribution in [3.05, 3.63) is 30.1 Å². The summed E-state index contributed by atoms with van der Waals surface area (Å²) in [6, 6.07) is 4.00. The molecule has 1 aliphatic carbocycles. The maximum absolute atomic E-state index is 12.0. The van der Waals surface area contributed by atoms with Crippen molar-refractivity contribution in [2.75, 3.05) is 13.6 Å². The molecule has 0 spiro atoms. The molecule has 0 aromatic carbocycles. The van der Waals surface area contributed by atoms with Crippen LogP contribution < -0.4 is 5.32 Å². The molecule has 1 aromatic rings. The van der Waals surface area contributed by atoms with Gasteiger partial charge in [-0.2, -0.15) is 0 Å². The highest BCUT2D eigenvalue weighted by Crippen LogP contribution is 2.17. The molecule has 1 heterocycles. The quantitative estimate of drug-likeness (QED) is 0.855. The van der Waals surface area contributed by atoms with Gasteiger partial charge in [-0.3, -0.25) is 14.6 Å². The number of hydrogen-bond donors (Lipinski definition) is 1. The Labute approximate surface area is 125 Å². The molecule has 0 atom stereocenters. The molecule has 0 bridgehead atoms. The maximum atomic E-state index is 12.0. The van der Waals surface area contributed by atoms with Gasteiger partial charge in [0, 0.05) is 32.0 Å². The molecule has 0 unspecified atom stereocenters. The number of amides is 2. The summed E-state index contributed by atoms with van der Waals surface area (Å²) < 4.78 is 0. The molecule has 114 valence electrons. The highest BCUT2D eigenvalue weighted by Gasteiger charge is 2.22. The molecule has 0 saturated heterocycles. The molecule has 1 aliphatic rings. The second-order valence-electron chi connectivity index (χ2n) is 5.64. The van der Waals surface area contributed by atoms with E-state index in [1.807, 2.05) is 12.1 Å². The standard InChI is InChI=1S/C16H23N3O2/c1-19(12-9-13-7-10-17-11-8-13)16(21)15(20)18-14-5-3-2-4-6-14/h7-8,10-11,14H,2-6,9,12H2,1H3,(H,18,20). The summed E-state index contributed by atoms with van der Waals surface area (Å²) in [6.45, 7) is 0.529. The third-order valence-corrected chi connectivity index (χ3v) is 3.97. The average Bonchev–Trinajstić information content (AvgIpc) is 2.53. The van der Waals surface area contributed by atoms with Gasteiger partial charge in [-0.05, 0) is 37.0 Å². The van der Waals surface area contributed by atoms with E-state index in [2.05, 4.69) is 10.3 Å². The van der Waals surface area contributed by atoms with Gasteiger partial charge in [0.15, 0.2) is 0 Å². The molecule has 0 aliphatic heterocycles. The number of likely N-dealkylation sites (N-methyl/N-ethyl adjacent to an activating group) is 1. The van der Waals surface area contributed by atoms with Gasteiger partial charge in [0.1, 0.15) is 0 Å². The van der Waals surface area contributed by atoms with Crippen molar-refractivity contribution in [1.29, 1.82) is 0 Å². The Balaban J connectivity index is 1.76. The van der Waals surface area contributed by atoms with Crippen molar-refractivity contribution >= 4 is 11.8 Å². The second-order valence-corrected chi connectivity index (χ2v) is 5.64. The smallest absolute Gasteiger partial charge is 0.311 e. The van der Waals surface area contributed by atoms with Gasteiger partial charge >= 0.3 is 11.8 Å². The fraction of sp³-hybridized carbons (Fsp3) is 0.562. The number of pyridine rings is 1. The van der Waals surface area contributed by atoms with Gasteiger partial charge in [0.05, 0.1) is 0 Å². The van der Waals surface area contributed by atoms with Crippen molar-refractivity contribution in [2.45, 2.75) is 44.6 Å². The van der Waals surface area contributed by atoms with Crippen molar-refractivity contribution in [1.82, 2.24) is 15.2 Å². The molecule has 1 fully saturated rings. The molecule has 5 nitrogen and oxygen atoms in total. The Morgan fingerprint density at radius 2 is 1.90 bits per heavy atom. The van der Waals surface area contributed by atoms with Crippen LogP contribution in [0.1, 0.15) is 37.7 Å². The minimum atomic E-state index is -0.473. The summed E-state index contributed by atoms with van der Waals surface area (Å²) in [4.78, 5) is 29.4. The number of carbonyl (C=O) groups is 2. The minimum absolute atomic E-state index is 0.170. The third-order valence-electron chi connectivity index (χ3n) is 3.97. The van der Waals surface area contributed by atoms with Crippen LogP contribution >= 0.6 is 0 Å². The Morgan fingerprint density at radius 1 is 1.24 bits per heavy atom. The van der Waals surface area contributed by atoms with E-state index in [1.54, 1.807) is 19.4 Å². The van der Waals surface area contributed by atoms with Crippen LogP contribution in [0.3, 0.4) is 0 Å². The van der Waals surface area contributed by atoms with Crippen LogP contribution in [0.2, 0.25) is 0 Å². The van der Waals surface area contributed by atoms with E-state index in [0.717, 1.165) is 37.7 Å². The van der Waals surface area contributed by atoms with Crippen molar-refractivity contribution in [3.63, 3.8) is 0 Å². The Bertz CT molecular complexity index is 470. The molecule has 1 aromatic heterocycles. The summed E-state index contributed by atoms with van der Waals surface area (Å²) in [5.41, 5.74) is 1.11. The molecular weight excluding hydrogens is 266 g/mol. The van der Waals surface area contributed by atoms with Gasteiger partial charge in [0.2, 0.25) is 0 Å². The van der Waals surface area contributed by atoms with Crippen LogP contribution in [0, 0.1) is 0 Å². The lowest BCUT2D eigenvalue weighted by Gasteiger charge is -2.24. The van der Waals surface area contributed by atoms with E-state index in [4.69, 9.17) is 0 Å². The molecule has 2 amide bonds. The zero-order valence-electron chi connectivity index (χ0n) is 12.5. The SMILES string of the molecule is CN(CCc1ccncc1)C(=O)C(=O)NC1CCCCC1. The minimum Gasteiger partial charge on any atom is -0.345 e. The van der Waals surface area contributed by atoms with Gasteiger partial charge in [-0.1, -0.05) is 19.3 Å². The summed E-state index contributed by atoms with van der Waals surface area (Å²) >= 11 is 0. The number of nitrogens with zero attached hydrogens (tertiary/aromatic N) is 2. The van der Waals surface area contributed by atoms with Crippen molar-refractivity contribution in [3.8, 4) is 0 Å². The molecule has 1 N–H and O–H groups in total. The molecular formula is C16H23N3O2. The first-order chi connectivity index (χ1) is 10.2. The Morgan fingerprint density at radius 3 is 2.57 bits per heavy atom. The van der Waals surface area contributed by atoms with E-state index in [9.17, 15) is 9.59 Å². The predicted molar refractivity (Wildman–Crippen MR) is 80.6 cm³/mol. The Kier molecular flexibility index (Phi) is 5.72. The average molecular weight is 289 g/mol. The normalized spacial score (nSPS) is 15.5. The first-order valence-electron chi connectivity index (χ1n) is 7.61. The molecule has 1 saturated carbocycles.